The molecule has 0 radical (unpaired) electrons. The summed E-state index contributed by atoms with van der Waals surface area (Å²) >= 11 is 4.01. The van der Waals surface area contributed by atoms with Gasteiger partial charge in [-0.25, -0.2) is 0 Å². The molecule has 0 fully saturated rings. The van der Waals surface area contributed by atoms with Crippen LogP contribution in [0.2, 0.25) is 0 Å². The zero-order valence-corrected chi connectivity index (χ0v) is 7.90. The van der Waals surface area contributed by atoms with Crippen molar-refractivity contribution in [1.29, 1.82) is 0 Å². The normalized spacial score (nSPS) is 12.7. The quantitative estimate of drug-likeness (QED) is 0.427. The fraction of sp³-hybridized carbons (Fsp3) is 0. The predicted octanol–water partition coefficient (Wildman–Crippen LogP) is 0.741. The van der Waals surface area contributed by atoms with Crippen molar-refractivity contribution >= 4 is 20.8 Å². The van der Waals surface area contributed by atoms with Gasteiger partial charge in [0.2, 0.25) is 0 Å². The summed E-state index contributed by atoms with van der Waals surface area (Å²) in [5.41, 5.74) is 0. The number of rotatable bonds is 2. The minimum atomic E-state index is -4.44. The van der Waals surface area contributed by atoms with Gasteiger partial charge in [0.1, 0.15) is 0 Å². The van der Waals surface area contributed by atoms with Crippen LogP contribution in [0.4, 0.5) is 0 Å². The topological polar surface area (TPSA) is 69.9 Å². The van der Waals surface area contributed by atoms with Crippen LogP contribution in [0.15, 0.2) is 29.2 Å². The Balaban J connectivity index is 2.71. The number of thiol groups is 1. The molecule has 0 saturated carbocycles. The average molecular weight is 208 g/mol. The second kappa shape index (κ2) is 3.60. The molecule has 0 bridgehead atoms. The van der Waals surface area contributed by atoms with Crippen molar-refractivity contribution in [3.63, 3.8) is 0 Å². The van der Waals surface area contributed by atoms with Crippen LogP contribution in [0.5, 0.6) is 5.75 Å². The first-order chi connectivity index (χ1) is 5.47. The number of hydrogen-bond acceptors (Lipinski definition) is 5. The van der Waals surface area contributed by atoms with Crippen molar-refractivity contribution in [3.05, 3.63) is 24.3 Å². The van der Waals surface area contributed by atoms with Crippen LogP contribution >= 0.6 is 20.8 Å². The summed E-state index contributed by atoms with van der Waals surface area (Å²) in [6.45, 7) is 0. The van der Waals surface area contributed by atoms with E-state index in [1.165, 1.54) is 12.1 Å². The summed E-state index contributed by atoms with van der Waals surface area (Å²) in [4.78, 5) is 26.4. The molecule has 0 aliphatic carbocycles. The van der Waals surface area contributed by atoms with Crippen molar-refractivity contribution < 1.29 is 19.2 Å². The molecule has 1 rings (SSSR count). The maximum atomic E-state index is 8.55. The minimum absolute atomic E-state index is 0.201. The number of hydrogen-bond donors (Lipinski definition) is 4. The Morgan fingerprint density at radius 1 is 1.08 bits per heavy atom. The summed E-state index contributed by atoms with van der Waals surface area (Å²) in [5.74, 6) is 0.201. The molecule has 0 saturated heterocycles. The van der Waals surface area contributed by atoms with Crippen LogP contribution in [0.25, 0.3) is 0 Å². The molecule has 0 heterocycles. The molecule has 0 aliphatic rings. The molecule has 1 aromatic rings. The molecule has 0 amide bonds. The Bertz CT molecular complexity index is 255. The van der Waals surface area contributed by atoms with E-state index in [0.717, 1.165) is 4.90 Å². The van der Waals surface area contributed by atoms with Crippen molar-refractivity contribution in [2.45, 2.75) is 4.90 Å². The molecular weight excluding hydrogens is 199 g/mol. The molecule has 0 atom stereocenters. The third-order valence-electron chi connectivity index (χ3n) is 1.09. The molecule has 0 aliphatic heterocycles. The van der Waals surface area contributed by atoms with E-state index < -0.39 is 8.17 Å². The van der Waals surface area contributed by atoms with Gasteiger partial charge in [0.25, 0.3) is 0 Å². The van der Waals surface area contributed by atoms with E-state index in [1.54, 1.807) is 12.1 Å². The first-order valence-electron chi connectivity index (χ1n) is 3.12. The summed E-state index contributed by atoms with van der Waals surface area (Å²) in [6.07, 6.45) is 0. The summed E-state index contributed by atoms with van der Waals surface area (Å²) in [6, 6.07) is 6.18. The Hall–Kier alpha value is -0.320. The molecule has 1 aromatic carbocycles. The van der Waals surface area contributed by atoms with E-state index >= 15 is 0 Å². The first-order valence-corrected chi connectivity index (χ1v) is 5.32. The van der Waals surface area contributed by atoms with E-state index in [1.807, 2.05) is 0 Å². The molecule has 0 spiro atoms. The molecule has 0 unspecified atom stereocenters. The molecule has 4 nitrogen and oxygen atoms in total. The van der Waals surface area contributed by atoms with E-state index in [-0.39, 0.29) is 5.75 Å². The van der Waals surface area contributed by atoms with Crippen LogP contribution in [0.1, 0.15) is 0 Å². The van der Waals surface area contributed by atoms with Gasteiger partial charge in [-0.3, -0.25) is 0 Å². The van der Waals surface area contributed by atoms with Crippen molar-refractivity contribution in [3.8, 4) is 5.75 Å². The van der Waals surface area contributed by atoms with Gasteiger partial charge in [0.05, 0.1) is 0 Å². The van der Waals surface area contributed by atoms with E-state index in [0.29, 0.717) is 0 Å². The maximum absolute atomic E-state index is 8.55. The van der Waals surface area contributed by atoms with Gasteiger partial charge in [-0.1, -0.05) is 0 Å². The second-order valence-corrected chi connectivity index (χ2v) is 4.04. The van der Waals surface area contributed by atoms with Crippen LogP contribution in [0.3, 0.4) is 0 Å². The second-order valence-electron chi connectivity index (χ2n) is 2.17. The van der Waals surface area contributed by atoms with Crippen molar-refractivity contribution in [1.82, 2.24) is 0 Å². The molecule has 12 heavy (non-hydrogen) atoms. The Kier molecular flexibility index (Phi) is 2.93. The van der Waals surface area contributed by atoms with Crippen LogP contribution < -0.4 is 4.52 Å². The first kappa shape index (κ1) is 9.77. The van der Waals surface area contributed by atoms with E-state index in [4.69, 9.17) is 14.7 Å². The number of benzene rings is 1. The van der Waals surface area contributed by atoms with Gasteiger partial charge in [0, 0.05) is 0 Å². The monoisotopic (exact) mass is 208 g/mol. The summed E-state index contributed by atoms with van der Waals surface area (Å²) in [7, 11) is -4.44. The third-order valence-corrected chi connectivity index (χ3v) is 1.90. The molecule has 68 valence electrons. The van der Waals surface area contributed by atoms with Crippen molar-refractivity contribution in [2.75, 3.05) is 0 Å². The fourth-order valence-electron chi connectivity index (χ4n) is 0.672. The van der Waals surface area contributed by atoms with Gasteiger partial charge in [0.15, 0.2) is 0 Å². The third kappa shape index (κ3) is 3.38. The SMILES string of the molecule is O[PH](O)(O)Oc1ccc(S)cc1. The zero-order valence-electron chi connectivity index (χ0n) is 6.01. The van der Waals surface area contributed by atoms with Crippen molar-refractivity contribution in [2.24, 2.45) is 0 Å². The molecule has 3 N–H and O–H groups in total. The van der Waals surface area contributed by atoms with Gasteiger partial charge in [-0.15, -0.1) is 0 Å². The van der Waals surface area contributed by atoms with Crippen LogP contribution in [0, 0.1) is 0 Å². The Morgan fingerprint density at radius 3 is 2.00 bits per heavy atom. The zero-order chi connectivity index (χ0) is 9.19. The Labute approximate surface area is 75.5 Å². The van der Waals surface area contributed by atoms with E-state index in [2.05, 4.69) is 17.2 Å². The van der Waals surface area contributed by atoms with Gasteiger partial charge in [-0.05, 0) is 0 Å². The average Bonchev–Trinajstić information content (AvgIpc) is 1.91. The summed E-state index contributed by atoms with van der Waals surface area (Å²) in [5, 5.41) is 0. The molecule has 0 aromatic heterocycles. The molecular formula is C6H9O4PS. The van der Waals surface area contributed by atoms with Crippen LogP contribution in [-0.2, 0) is 0 Å². The standard InChI is InChI=1S/C6H9O4PS/c7-11(8,9)10-5-1-3-6(12)4-2-5/h1-4,7-9,11-12H. The fourth-order valence-corrected chi connectivity index (χ4v) is 1.27. The molecule has 6 heteroatoms. The summed E-state index contributed by atoms with van der Waals surface area (Å²) < 4.78 is 4.43. The van der Waals surface area contributed by atoms with Crippen LogP contribution in [-0.4, -0.2) is 14.7 Å². The Morgan fingerprint density at radius 2 is 1.58 bits per heavy atom. The van der Waals surface area contributed by atoms with Gasteiger partial charge in [-0.2, -0.15) is 0 Å². The van der Waals surface area contributed by atoms with Gasteiger partial charge >= 0.3 is 74.9 Å². The van der Waals surface area contributed by atoms with Gasteiger partial charge < -0.3 is 0 Å². The van der Waals surface area contributed by atoms with E-state index in [9.17, 15) is 0 Å². The predicted molar refractivity (Wildman–Crippen MR) is 49.3 cm³/mol.